The van der Waals surface area contributed by atoms with Crippen LogP contribution in [0.1, 0.15) is 10.7 Å². The fourth-order valence-corrected chi connectivity index (χ4v) is 2.07. The molecule has 0 fully saturated rings. The summed E-state index contributed by atoms with van der Waals surface area (Å²) in [6.07, 6.45) is 0. The van der Waals surface area contributed by atoms with Crippen molar-refractivity contribution in [3.05, 3.63) is 27.1 Å². The summed E-state index contributed by atoms with van der Waals surface area (Å²) >= 11 is 1.45. The van der Waals surface area contributed by atoms with E-state index in [0.29, 0.717) is 16.0 Å². The number of H-pyrrole nitrogens is 1. The fourth-order valence-electron chi connectivity index (χ4n) is 1.17. The van der Waals surface area contributed by atoms with Gasteiger partial charge >= 0.3 is 0 Å². The highest BCUT2D eigenvalue weighted by atomic mass is 32.1. The van der Waals surface area contributed by atoms with Gasteiger partial charge < -0.3 is 10.1 Å². The molecule has 0 saturated carbocycles. The second-order valence-corrected chi connectivity index (χ2v) is 3.98. The number of nitrogens with zero attached hydrogens (tertiary/aromatic N) is 1. The van der Waals surface area contributed by atoms with Crippen LogP contribution in [0.15, 0.2) is 10.9 Å². The Morgan fingerprint density at radius 1 is 1.69 bits per heavy atom. The number of aliphatic hydroxyl groups is 1. The van der Waals surface area contributed by atoms with Gasteiger partial charge in [0.15, 0.2) is 0 Å². The van der Waals surface area contributed by atoms with Crippen LogP contribution in [0.4, 0.5) is 0 Å². The van der Waals surface area contributed by atoms with Crippen LogP contribution in [0.3, 0.4) is 0 Å². The summed E-state index contributed by atoms with van der Waals surface area (Å²) in [7, 11) is 0. The van der Waals surface area contributed by atoms with Gasteiger partial charge in [-0.05, 0) is 13.0 Å². The Morgan fingerprint density at radius 2 is 2.46 bits per heavy atom. The van der Waals surface area contributed by atoms with Crippen LogP contribution in [-0.2, 0) is 6.61 Å². The molecule has 0 aromatic carbocycles. The quantitative estimate of drug-likeness (QED) is 0.708. The van der Waals surface area contributed by atoms with E-state index in [1.165, 1.54) is 11.3 Å². The molecule has 0 bridgehead atoms. The third-order valence-corrected chi connectivity index (χ3v) is 2.67. The number of aromatic amines is 1. The molecule has 0 radical (unpaired) electrons. The first-order chi connectivity index (χ1) is 6.20. The van der Waals surface area contributed by atoms with Crippen LogP contribution in [0.5, 0.6) is 0 Å². The molecule has 0 atom stereocenters. The second-order valence-electron chi connectivity index (χ2n) is 2.75. The molecule has 2 N–H and O–H groups in total. The van der Waals surface area contributed by atoms with Crippen LogP contribution >= 0.6 is 11.3 Å². The van der Waals surface area contributed by atoms with E-state index >= 15 is 0 Å². The molecular formula is C8H8N2O2S. The topological polar surface area (TPSA) is 66.0 Å². The summed E-state index contributed by atoms with van der Waals surface area (Å²) in [6.45, 7) is 1.69. The van der Waals surface area contributed by atoms with Crippen molar-refractivity contribution in [2.75, 3.05) is 0 Å². The van der Waals surface area contributed by atoms with Gasteiger partial charge in [0.2, 0.25) is 0 Å². The Morgan fingerprint density at radius 3 is 3.15 bits per heavy atom. The minimum atomic E-state index is -0.234. The van der Waals surface area contributed by atoms with Crippen molar-refractivity contribution >= 4 is 21.6 Å². The minimum absolute atomic E-state index is 0.182. The molecule has 5 heteroatoms. The molecule has 0 unspecified atom stereocenters. The van der Waals surface area contributed by atoms with Crippen LogP contribution in [-0.4, -0.2) is 15.1 Å². The van der Waals surface area contributed by atoms with Crippen LogP contribution in [0.25, 0.3) is 10.2 Å². The van der Waals surface area contributed by atoms with Crippen molar-refractivity contribution in [3.63, 3.8) is 0 Å². The number of fused-ring (bicyclic) bond motifs is 1. The normalized spacial score (nSPS) is 10.9. The smallest absolute Gasteiger partial charge is 0.259 e. The van der Waals surface area contributed by atoms with Crippen molar-refractivity contribution in [2.24, 2.45) is 0 Å². The molecular weight excluding hydrogens is 188 g/mol. The molecule has 0 saturated heterocycles. The van der Waals surface area contributed by atoms with E-state index < -0.39 is 0 Å². The summed E-state index contributed by atoms with van der Waals surface area (Å²) in [5.74, 6) is 0.319. The van der Waals surface area contributed by atoms with Crippen molar-refractivity contribution in [3.8, 4) is 0 Å². The lowest BCUT2D eigenvalue weighted by Crippen LogP contribution is -2.10. The van der Waals surface area contributed by atoms with Gasteiger partial charge in [0.1, 0.15) is 17.3 Å². The summed E-state index contributed by atoms with van der Waals surface area (Å²) in [5, 5.41) is 9.40. The zero-order chi connectivity index (χ0) is 9.42. The number of thiophene rings is 1. The lowest BCUT2D eigenvalue weighted by atomic mass is 10.4. The first kappa shape index (κ1) is 8.40. The highest BCUT2D eigenvalue weighted by Gasteiger charge is 2.05. The molecule has 0 amide bonds. The third-order valence-electron chi connectivity index (χ3n) is 1.72. The number of aromatic nitrogens is 2. The molecule has 0 spiro atoms. The van der Waals surface area contributed by atoms with Crippen molar-refractivity contribution < 1.29 is 5.11 Å². The maximum absolute atomic E-state index is 11.4. The summed E-state index contributed by atoms with van der Waals surface area (Å²) in [4.78, 5) is 19.7. The van der Waals surface area contributed by atoms with Gasteiger partial charge in [0.05, 0.1) is 5.39 Å². The first-order valence-electron chi connectivity index (χ1n) is 3.81. The maximum Gasteiger partial charge on any atom is 0.259 e. The average molecular weight is 196 g/mol. The van der Waals surface area contributed by atoms with E-state index in [2.05, 4.69) is 9.97 Å². The lowest BCUT2D eigenvalue weighted by Gasteiger charge is -1.93. The number of nitrogens with one attached hydrogen (secondary N) is 1. The number of hydrogen-bond donors (Lipinski definition) is 2. The molecule has 2 aromatic rings. The Labute approximate surface area is 77.9 Å². The largest absolute Gasteiger partial charge is 0.388 e. The number of aliphatic hydroxyl groups excluding tert-OH is 1. The van der Waals surface area contributed by atoms with Crippen molar-refractivity contribution in [2.45, 2.75) is 13.5 Å². The Hall–Kier alpha value is -1.20. The molecule has 0 aliphatic heterocycles. The molecule has 0 aliphatic carbocycles. The fraction of sp³-hybridized carbons (Fsp3) is 0.250. The number of aryl methyl sites for hydroxylation is 1. The van der Waals surface area contributed by atoms with Gasteiger partial charge in [-0.1, -0.05) is 0 Å². The third kappa shape index (κ3) is 1.36. The van der Waals surface area contributed by atoms with Crippen molar-refractivity contribution in [1.82, 2.24) is 9.97 Å². The van der Waals surface area contributed by atoms with Crippen molar-refractivity contribution in [1.29, 1.82) is 0 Å². The van der Waals surface area contributed by atoms with E-state index in [-0.39, 0.29) is 12.2 Å². The highest BCUT2D eigenvalue weighted by Crippen LogP contribution is 2.19. The van der Waals surface area contributed by atoms with Gasteiger partial charge in [-0.25, -0.2) is 4.98 Å². The van der Waals surface area contributed by atoms with Crippen LogP contribution in [0.2, 0.25) is 0 Å². The Kier molecular flexibility index (Phi) is 1.90. The van der Waals surface area contributed by atoms with Gasteiger partial charge in [-0.15, -0.1) is 11.3 Å². The van der Waals surface area contributed by atoms with E-state index in [0.717, 1.165) is 4.88 Å². The van der Waals surface area contributed by atoms with E-state index in [9.17, 15) is 4.79 Å². The zero-order valence-corrected chi connectivity index (χ0v) is 7.81. The average Bonchev–Trinajstić information content (AvgIpc) is 2.46. The summed E-state index contributed by atoms with van der Waals surface area (Å²) in [5.41, 5.74) is -0.182. The van der Waals surface area contributed by atoms with E-state index in [1.807, 2.05) is 6.92 Å². The SMILES string of the molecule is Cc1cc2c(=O)[nH]c(CO)nc2s1. The number of rotatable bonds is 1. The molecule has 68 valence electrons. The number of hydrogen-bond acceptors (Lipinski definition) is 4. The molecule has 2 heterocycles. The van der Waals surface area contributed by atoms with Gasteiger partial charge in [0.25, 0.3) is 5.56 Å². The highest BCUT2D eigenvalue weighted by molar-refractivity contribution is 7.18. The first-order valence-corrected chi connectivity index (χ1v) is 4.62. The lowest BCUT2D eigenvalue weighted by molar-refractivity contribution is 0.271. The van der Waals surface area contributed by atoms with Gasteiger partial charge in [-0.2, -0.15) is 0 Å². The van der Waals surface area contributed by atoms with E-state index in [4.69, 9.17) is 5.11 Å². The molecule has 13 heavy (non-hydrogen) atoms. The van der Waals surface area contributed by atoms with Gasteiger partial charge in [-0.3, -0.25) is 4.79 Å². The zero-order valence-electron chi connectivity index (χ0n) is 7.00. The Bertz CT molecular complexity index is 500. The van der Waals surface area contributed by atoms with E-state index in [1.54, 1.807) is 6.07 Å². The predicted octanol–water partition coefficient (Wildman–Crippen LogP) is 0.785. The molecule has 4 nitrogen and oxygen atoms in total. The Balaban J connectivity index is 2.83. The standard InChI is InChI=1S/C8H8N2O2S/c1-4-2-5-7(12)9-6(3-11)10-8(5)13-4/h2,11H,3H2,1H3,(H,9,10,12). The monoisotopic (exact) mass is 196 g/mol. The minimum Gasteiger partial charge on any atom is -0.388 e. The summed E-state index contributed by atoms with van der Waals surface area (Å²) in [6, 6.07) is 1.80. The van der Waals surface area contributed by atoms with Gasteiger partial charge in [0, 0.05) is 4.88 Å². The molecule has 0 aliphatic rings. The van der Waals surface area contributed by atoms with Crippen LogP contribution < -0.4 is 5.56 Å². The molecule has 2 aromatic heterocycles. The summed E-state index contributed by atoms with van der Waals surface area (Å²) < 4.78 is 0. The maximum atomic E-state index is 11.4. The predicted molar refractivity (Wildman–Crippen MR) is 50.9 cm³/mol. The second kappa shape index (κ2) is 2.93. The molecule has 2 rings (SSSR count). The van der Waals surface area contributed by atoms with Crippen LogP contribution in [0, 0.1) is 6.92 Å².